The van der Waals surface area contributed by atoms with Crippen LogP contribution in [0.15, 0.2) is 12.1 Å². The Morgan fingerprint density at radius 2 is 1.76 bits per heavy atom. The van der Waals surface area contributed by atoms with Crippen LogP contribution in [0.5, 0.6) is 11.5 Å². The van der Waals surface area contributed by atoms with Gasteiger partial charge < -0.3 is 20.9 Å². The van der Waals surface area contributed by atoms with Gasteiger partial charge in [-0.1, -0.05) is 0 Å². The van der Waals surface area contributed by atoms with Gasteiger partial charge in [0, 0.05) is 16.7 Å². The van der Waals surface area contributed by atoms with Crippen LogP contribution < -0.4 is 20.9 Å². The maximum absolute atomic E-state index is 6.16. The predicted molar refractivity (Wildman–Crippen MR) is 69.5 cm³/mol. The van der Waals surface area contributed by atoms with Crippen molar-refractivity contribution >= 4 is 0 Å². The van der Waals surface area contributed by atoms with Gasteiger partial charge in [0.1, 0.15) is 11.5 Å². The van der Waals surface area contributed by atoms with Crippen LogP contribution in [0, 0.1) is 6.92 Å². The van der Waals surface area contributed by atoms with Gasteiger partial charge in [-0.15, -0.1) is 0 Å². The molecule has 4 N–H and O–H groups in total. The highest BCUT2D eigenvalue weighted by atomic mass is 16.5. The summed E-state index contributed by atoms with van der Waals surface area (Å²) in [4.78, 5) is 0. The molecule has 0 saturated heterocycles. The van der Waals surface area contributed by atoms with E-state index in [9.17, 15) is 0 Å². The molecule has 0 aliphatic heterocycles. The number of hydrogen-bond acceptors (Lipinski definition) is 4. The van der Waals surface area contributed by atoms with E-state index in [-0.39, 0.29) is 6.04 Å². The van der Waals surface area contributed by atoms with Crippen molar-refractivity contribution in [1.82, 2.24) is 0 Å². The Hall–Kier alpha value is -1.26. The summed E-state index contributed by atoms with van der Waals surface area (Å²) in [6.07, 6.45) is 0. The third-order valence-electron chi connectivity index (χ3n) is 2.95. The van der Waals surface area contributed by atoms with Crippen LogP contribution in [-0.2, 0) is 0 Å². The molecule has 0 spiro atoms. The second kappa shape index (κ2) is 4.94. The number of methoxy groups -OCH3 is 2. The summed E-state index contributed by atoms with van der Waals surface area (Å²) in [5, 5.41) is 0. The van der Waals surface area contributed by atoms with Gasteiger partial charge in [-0.3, -0.25) is 0 Å². The molecule has 4 heteroatoms. The summed E-state index contributed by atoms with van der Waals surface area (Å²) in [6.45, 7) is 5.74. The fourth-order valence-electron chi connectivity index (χ4n) is 1.83. The maximum Gasteiger partial charge on any atom is 0.130 e. The van der Waals surface area contributed by atoms with E-state index in [0.29, 0.717) is 0 Å². The normalized spacial score (nSPS) is 13.4. The summed E-state index contributed by atoms with van der Waals surface area (Å²) in [5.41, 5.74) is 13.5. The molecule has 0 aliphatic rings. The lowest BCUT2D eigenvalue weighted by Crippen LogP contribution is -2.43. The number of ether oxygens (including phenoxy) is 2. The third-order valence-corrected chi connectivity index (χ3v) is 2.95. The van der Waals surface area contributed by atoms with Crippen molar-refractivity contribution in [3.05, 3.63) is 23.3 Å². The first kappa shape index (κ1) is 13.8. The van der Waals surface area contributed by atoms with Gasteiger partial charge in [-0.2, -0.15) is 0 Å². The maximum atomic E-state index is 6.16. The molecule has 0 bridgehead atoms. The SMILES string of the molecule is COc1ccc(C(N)C(C)(C)N)c(OC)c1C. The van der Waals surface area contributed by atoms with Gasteiger partial charge in [0.25, 0.3) is 0 Å². The zero-order valence-electron chi connectivity index (χ0n) is 11.2. The monoisotopic (exact) mass is 238 g/mol. The molecule has 1 unspecified atom stereocenters. The molecule has 4 nitrogen and oxygen atoms in total. The summed E-state index contributed by atoms with van der Waals surface area (Å²) in [6, 6.07) is 3.50. The third kappa shape index (κ3) is 2.70. The average Bonchev–Trinajstić information content (AvgIpc) is 2.26. The van der Waals surface area contributed by atoms with E-state index in [1.807, 2.05) is 32.9 Å². The summed E-state index contributed by atoms with van der Waals surface area (Å²) in [7, 11) is 3.26. The van der Waals surface area contributed by atoms with Crippen LogP contribution in [0.3, 0.4) is 0 Å². The highest BCUT2D eigenvalue weighted by molar-refractivity contribution is 5.51. The molecule has 1 rings (SSSR count). The molecule has 1 atom stereocenters. The van der Waals surface area contributed by atoms with Gasteiger partial charge in [0.15, 0.2) is 0 Å². The molecule has 0 amide bonds. The highest BCUT2D eigenvalue weighted by Crippen LogP contribution is 2.36. The average molecular weight is 238 g/mol. The van der Waals surface area contributed by atoms with Crippen molar-refractivity contribution in [2.24, 2.45) is 11.5 Å². The van der Waals surface area contributed by atoms with Gasteiger partial charge in [0.05, 0.1) is 20.3 Å². The molecule has 0 aliphatic carbocycles. The van der Waals surface area contributed by atoms with E-state index in [0.717, 1.165) is 22.6 Å². The predicted octanol–water partition coefficient (Wildman–Crippen LogP) is 1.75. The number of hydrogen-bond donors (Lipinski definition) is 2. The smallest absolute Gasteiger partial charge is 0.130 e. The van der Waals surface area contributed by atoms with Gasteiger partial charge in [-0.25, -0.2) is 0 Å². The summed E-state index contributed by atoms with van der Waals surface area (Å²) >= 11 is 0. The van der Waals surface area contributed by atoms with E-state index in [1.54, 1.807) is 14.2 Å². The Kier molecular flexibility index (Phi) is 4.01. The van der Waals surface area contributed by atoms with E-state index >= 15 is 0 Å². The fraction of sp³-hybridized carbons (Fsp3) is 0.538. The van der Waals surface area contributed by atoms with E-state index in [1.165, 1.54) is 0 Å². The molecule has 96 valence electrons. The van der Waals surface area contributed by atoms with Crippen LogP contribution in [0.4, 0.5) is 0 Å². The fourth-order valence-corrected chi connectivity index (χ4v) is 1.83. The standard InChI is InChI=1S/C13H22N2O2/c1-8-10(16-4)7-6-9(11(8)17-5)12(14)13(2,3)15/h6-7,12H,14-15H2,1-5H3. The quantitative estimate of drug-likeness (QED) is 0.838. The first-order valence-electron chi connectivity index (χ1n) is 5.58. The molecule has 17 heavy (non-hydrogen) atoms. The van der Waals surface area contributed by atoms with Crippen molar-refractivity contribution < 1.29 is 9.47 Å². The van der Waals surface area contributed by atoms with Gasteiger partial charge >= 0.3 is 0 Å². The van der Waals surface area contributed by atoms with E-state index < -0.39 is 5.54 Å². The van der Waals surface area contributed by atoms with Gasteiger partial charge in [0.2, 0.25) is 0 Å². The molecular weight excluding hydrogens is 216 g/mol. The lowest BCUT2D eigenvalue weighted by atomic mass is 9.89. The minimum Gasteiger partial charge on any atom is -0.496 e. The zero-order chi connectivity index (χ0) is 13.2. The van der Waals surface area contributed by atoms with Crippen LogP contribution >= 0.6 is 0 Å². The number of rotatable bonds is 4. The van der Waals surface area contributed by atoms with E-state index in [2.05, 4.69) is 0 Å². The molecule has 1 aromatic carbocycles. The van der Waals surface area contributed by atoms with Crippen LogP contribution in [-0.4, -0.2) is 19.8 Å². The second-order valence-electron chi connectivity index (χ2n) is 4.81. The van der Waals surface area contributed by atoms with E-state index in [4.69, 9.17) is 20.9 Å². The lowest BCUT2D eigenvalue weighted by molar-refractivity contribution is 0.365. The van der Waals surface area contributed by atoms with Crippen molar-refractivity contribution in [2.45, 2.75) is 32.4 Å². The highest BCUT2D eigenvalue weighted by Gasteiger charge is 2.27. The van der Waals surface area contributed by atoms with Crippen molar-refractivity contribution in [3.63, 3.8) is 0 Å². The zero-order valence-corrected chi connectivity index (χ0v) is 11.2. The molecular formula is C13H22N2O2. The Morgan fingerprint density at radius 1 is 1.18 bits per heavy atom. The van der Waals surface area contributed by atoms with Crippen molar-refractivity contribution in [1.29, 1.82) is 0 Å². The molecule has 1 aromatic rings. The largest absolute Gasteiger partial charge is 0.496 e. The minimum atomic E-state index is -0.506. The van der Waals surface area contributed by atoms with Crippen LogP contribution in [0.2, 0.25) is 0 Å². The van der Waals surface area contributed by atoms with Crippen LogP contribution in [0.1, 0.15) is 31.0 Å². The Bertz CT molecular complexity index is 397. The van der Waals surface area contributed by atoms with Crippen LogP contribution in [0.25, 0.3) is 0 Å². The minimum absolute atomic E-state index is 0.290. The van der Waals surface area contributed by atoms with Crippen molar-refractivity contribution in [3.8, 4) is 11.5 Å². The molecule has 0 aromatic heterocycles. The second-order valence-corrected chi connectivity index (χ2v) is 4.81. The van der Waals surface area contributed by atoms with Gasteiger partial charge in [-0.05, 0) is 32.9 Å². The lowest BCUT2D eigenvalue weighted by Gasteiger charge is -2.29. The Balaban J connectivity index is 3.31. The first-order valence-corrected chi connectivity index (χ1v) is 5.58. The Morgan fingerprint density at radius 3 is 2.18 bits per heavy atom. The molecule has 0 radical (unpaired) electrons. The molecule has 0 saturated carbocycles. The molecule has 0 fully saturated rings. The molecule has 0 heterocycles. The van der Waals surface area contributed by atoms with Crippen molar-refractivity contribution in [2.75, 3.05) is 14.2 Å². The number of nitrogens with two attached hydrogens (primary N) is 2. The summed E-state index contributed by atoms with van der Waals surface area (Å²) < 4.78 is 10.7. The Labute approximate surface area is 103 Å². The number of benzene rings is 1. The first-order chi connectivity index (χ1) is 7.82. The summed E-state index contributed by atoms with van der Waals surface area (Å²) in [5.74, 6) is 1.53. The topological polar surface area (TPSA) is 70.5 Å².